The van der Waals surface area contributed by atoms with Crippen molar-refractivity contribution in [1.29, 1.82) is 0 Å². The molecule has 0 atom stereocenters. The summed E-state index contributed by atoms with van der Waals surface area (Å²) >= 11 is 0. The molecular weight excluding hydrogens is 713 g/mol. The van der Waals surface area contributed by atoms with Crippen molar-refractivity contribution in [2.24, 2.45) is 0 Å². The molecule has 0 radical (unpaired) electrons. The van der Waals surface area contributed by atoms with Crippen molar-refractivity contribution in [3.8, 4) is 11.1 Å². The van der Waals surface area contributed by atoms with Gasteiger partial charge in [0.1, 0.15) is 0 Å². The predicted molar refractivity (Wildman–Crippen MR) is 248 cm³/mol. The fraction of sp³-hybridized carbons (Fsp3) is 0.0175. The first kappa shape index (κ1) is 34.6. The Morgan fingerprint density at radius 3 is 1.25 bits per heavy atom. The number of benzene rings is 10. The van der Waals surface area contributed by atoms with Gasteiger partial charge in [0.05, 0.1) is 5.41 Å². The molecule has 11 rings (SSSR count). The van der Waals surface area contributed by atoms with E-state index in [0.717, 1.165) is 34.1 Å². The van der Waals surface area contributed by atoms with E-state index in [9.17, 15) is 0 Å². The van der Waals surface area contributed by atoms with E-state index >= 15 is 0 Å². The Morgan fingerprint density at radius 2 is 0.678 bits per heavy atom. The van der Waals surface area contributed by atoms with Gasteiger partial charge in [-0.25, -0.2) is 0 Å². The minimum Gasteiger partial charge on any atom is -0.310 e. The zero-order valence-electron chi connectivity index (χ0n) is 32.5. The minimum atomic E-state index is -0.470. The van der Waals surface area contributed by atoms with Crippen molar-refractivity contribution >= 4 is 55.7 Å². The van der Waals surface area contributed by atoms with Crippen LogP contribution in [0.1, 0.15) is 22.3 Å². The van der Waals surface area contributed by atoms with E-state index < -0.39 is 5.41 Å². The fourth-order valence-electron chi connectivity index (χ4n) is 9.51. The lowest BCUT2D eigenvalue weighted by molar-refractivity contribution is 0.769. The molecule has 0 unspecified atom stereocenters. The van der Waals surface area contributed by atoms with Crippen molar-refractivity contribution in [2.75, 3.05) is 9.80 Å². The lowest BCUT2D eigenvalue weighted by Crippen LogP contribution is -2.28. The van der Waals surface area contributed by atoms with E-state index in [2.05, 4.69) is 252 Å². The highest BCUT2D eigenvalue weighted by Crippen LogP contribution is 2.57. The third kappa shape index (κ3) is 5.72. The van der Waals surface area contributed by atoms with Crippen molar-refractivity contribution in [1.82, 2.24) is 0 Å². The SMILES string of the molecule is c1ccc(N(c2ccccc2)c2cccc(N(c3ccccc3)c3ccc4ccc5cc6c(cc5c4c3)C(c3ccccc3)(c3ccccc3)c3ccccc3-6)c2)cc1. The fourth-order valence-corrected chi connectivity index (χ4v) is 9.51. The molecule has 0 aromatic heterocycles. The highest BCUT2D eigenvalue weighted by Gasteiger charge is 2.46. The van der Waals surface area contributed by atoms with E-state index in [0.29, 0.717) is 0 Å². The Kier molecular flexibility index (Phi) is 8.41. The molecule has 0 amide bonds. The second-order valence-electron chi connectivity index (χ2n) is 15.3. The number of fused-ring (bicyclic) bond motifs is 6. The molecule has 1 aliphatic rings. The van der Waals surface area contributed by atoms with Gasteiger partial charge in [0.25, 0.3) is 0 Å². The first-order valence-corrected chi connectivity index (χ1v) is 20.3. The van der Waals surface area contributed by atoms with Crippen molar-refractivity contribution in [2.45, 2.75) is 5.41 Å². The van der Waals surface area contributed by atoms with Crippen LogP contribution in [0.2, 0.25) is 0 Å². The average Bonchev–Trinajstić information content (AvgIpc) is 3.60. The summed E-state index contributed by atoms with van der Waals surface area (Å²) in [6.07, 6.45) is 0. The number of para-hydroxylation sites is 3. The third-order valence-corrected chi connectivity index (χ3v) is 12.0. The molecular formula is C57H40N2. The second kappa shape index (κ2) is 14.4. The maximum Gasteiger partial charge on any atom is 0.0713 e. The van der Waals surface area contributed by atoms with Gasteiger partial charge in [-0.3, -0.25) is 0 Å². The summed E-state index contributed by atoms with van der Waals surface area (Å²) in [4.78, 5) is 4.71. The van der Waals surface area contributed by atoms with Crippen LogP contribution in [0.15, 0.2) is 243 Å². The highest BCUT2D eigenvalue weighted by molar-refractivity contribution is 6.11. The summed E-state index contributed by atoms with van der Waals surface area (Å²) in [6.45, 7) is 0. The summed E-state index contributed by atoms with van der Waals surface area (Å²) in [5, 5.41) is 4.91. The Balaban J connectivity index is 1.13. The molecule has 0 bridgehead atoms. The molecule has 0 spiro atoms. The quantitative estimate of drug-likeness (QED) is 0.143. The summed E-state index contributed by atoms with van der Waals surface area (Å²) in [7, 11) is 0. The van der Waals surface area contributed by atoms with Crippen LogP contribution in [0.25, 0.3) is 32.7 Å². The molecule has 59 heavy (non-hydrogen) atoms. The molecule has 10 aromatic rings. The average molecular weight is 753 g/mol. The van der Waals surface area contributed by atoms with Crippen LogP contribution >= 0.6 is 0 Å². The molecule has 0 fully saturated rings. The smallest absolute Gasteiger partial charge is 0.0713 e. The topological polar surface area (TPSA) is 6.48 Å². The zero-order chi connectivity index (χ0) is 39.2. The van der Waals surface area contributed by atoms with Gasteiger partial charge in [-0.15, -0.1) is 0 Å². The number of anilines is 6. The van der Waals surface area contributed by atoms with Crippen molar-refractivity contribution in [3.63, 3.8) is 0 Å². The molecule has 2 nitrogen and oxygen atoms in total. The van der Waals surface area contributed by atoms with Crippen molar-refractivity contribution < 1.29 is 0 Å². The minimum absolute atomic E-state index is 0.470. The van der Waals surface area contributed by atoms with E-state index in [-0.39, 0.29) is 0 Å². The number of hydrogen-bond donors (Lipinski definition) is 0. The Bertz CT molecular complexity index is 3010. The standard InChI is InChI=1S/C57H40N2/c1-6-19-43(20-7-1)57(44-21-8-2-9-22-44)55-32-17-16-31-51(55)54-37-42-34-33-41-35-36-50(39-52(41)53(42)40-56(54)57)59(47-27-14-5-15-28-47)49-30-18-29-48(38-49)58(45-23-10-3-11-24-45)46-25-12-4-13-26-46/h1-40H. The number of hydrogen-bond acceptors (Lipinski definition) is 2. The summed E-state index contributed by atoms with van der Waals surface area (Å²) in [5.41, 5.74) is 13.9. The molecule has 278 valence electrons. The molecule has 2 heteroatoms. The maximum absolute atomic E-state index is 2.50. The third-order valence-electron chi connectivity index (χ3n) is 12.0. The van der Waals surface area contributed by atoms with Crippen LogP contribution in [0.3, 0.4) is 0 Å². The van der Waals surface area contributed by atoms with Crippen LogP contribution < -0.4 is 9.80 Å². The van der Waals surface area contributed by atoms with E-state index in [4.69, 9.17) is 0 Å². The first-order valence-electron chi connectivity index (χ1n) is 20.3. The number of rotatable bonds is 8. The monoisotopic (exact) mass is 752 g/mol. The van der Waals surface area contributed by atoms with Gasteiger partial charge in [0, 0.05) is 34.1 Å². The van der Waals surface area contributed by atoms with Gasteiger partial charge in [0.2, 0.25) is 0 Å². The molecule has 0 N–H and O–H groups in total. The van der Waals surface area contributed by atoms with Gasteiger partial charge in [-0.05, 0) is 134 Å². The van der Waals surface area contributed by atoms with Crippen LogP contribution in [0.4, 0.5) is 34.1 Å². The molecule has 0 saturated heterocycles. The van der Waals surface area contributed by atoms with E-state index in [1.165, 1.54) is 54.9 Å². The molecule has 1 aliphatic carbocycles. The lowest BCUT2D eigenvalue weighted by Gasteiger charge is -2.34. The predicted octanol–water partition coefficient (Wildman–Crippen LogP) is 15.3. The second-order valence-corrected chi connectivity index (χ2v) is 15.3. The summed E-state index contributed by atoms with van der Waals surface area (Å²) in [5.74, 6) is 0. The Hall–Kier alpha value is -7.68. The summed E-state index contributed by atoms with van der Waals surface area (Å²) in [6, 6.07) is 88.4. The van der Waals surface area contributed by atoms with Gasteiger partial charge in [0.15, 0.2) is 0 Å². The Labute approximate surface area is 345 Å². The molecule has 10 aromatic carbocycles. The van der Waals surface area contributed by atoms with E-state index in [1.807, 2.05) is 0 Å². The Morgan fingerprint density at radius 1 is 0.254 bits per heavy atom. The van der Waals surface area contributed by atoms with Crippen LogP contribution in [0, 0.1) is 0 Å². The van der Waals surface area contributed by atoms with Crippen LogP contribution in [-0.4, -0.2) is 0 Å². The lowest BCUT2D eigenvalue weighted by atomic mass is 9.67. The van der Waals surface area contributed by atoms with Gasteiger partial charge in [-0.1, -0.05) is 164 Å². The van der Waals surface area contributed by atoms with Crippen molar-refractivity contribution in [3.05, 3.63) is 265 Å². The molecule has 0 aliphatic heterocycles. The molecule has 0 heterocycles. The highest BCUT2D eigenvalue weighted by atomic mass is 15.2. The zero-order valence-corrected chi connectivity index (χ0v) is 32.5. The van der Waals surface area contributed by atoms with Gasteiger partial charge >= 0.3 is 0 Å². The van der Waals surface area contributed by atoms with E-state index in [1.54, 1.807) is 0 Å². The van der Waals surface area contributed by atoms with Crippen LogP contribution in [0.5, 0.6) is 0 Å². The normalized spacial score (nSPS) is 12.5. The maximum atomic E-state index is 2.50. The van der Waals surface area contributed by atoms with Gasteiger partial charge in [-0.2, -0.15) is 0 Å². The molecule has 0 saturated carbocycles. The first-order chi connectivity index (χ1) is 29.3. The number of nitrogens with zero attached hydrogens (tertiary/aromatic N) is 2. The van der Waals surface area contributed by atoms with Gasteiger partial charge < -0.3 is 9.80 Å². The largest absolute Gasteiger partial charge is 0.310 e. The summed E-state index contributed by atoms with van der Waals surface area (Å²) < 4.78 is 0. The van der Waals surface area contributed by atoms with Crippen LogP contribution in [-0.2, 0) is 5.41 Å².